The van der Waals surface area contributed by atoms with E-state index < -0.39 is 18.1 Å². The molecule has 0 saturated heterocycles. The minimum atomic E-state index is -0.850. The third-order valence-corrected chi connectivity index (χ3v) is 6.26. The summed E-state index contributed by atoms with van der Waals surface area (Å²) in [6.45, 7) is 4.41. The molecule has 3 N–H and O–H groups in total. The van der Waals surface area contributed by atoms with Crippen LogP contribution in [0.3, 0.4) is 0 Å². The smallest absolute Gasteiger partial charge is 0.407 e. The first kappa shape index (κ1) is 25.3. The lowest BCUT2D eigenvalue weighted by Crippen LogP contribution is -2.47. The lowest BCUT2D eigenvalue weighted by atomic mass is 9.98. The summed E-state index contributed by atoms with van der Waals surface area (Å²) >= 11 is 0. The molecule has 7 nitrogen and oxygen atoms in total. The average molecular weight is 467 g/mol. The summed E-state index contributed by atoms with van der Waals surface area (Å²) in [6, 6.07) is 15.6. The maximum absolute atomic E-state index is 12.7. The van der Waals surface area contributed by atoms with Gasteiger partial charge in [0.25, 0.3) is 0 Å². The lowest BCUT2D eigenvalue weighted by molar-refractivity contribution is -0.138. The second-order valence-corrected chi connectivity index (χ2v) is 8.95. The number of nitrogens with one attached hydrogen (secondary N) is 2. The first-order chi connectivity index (χ1) is 16.4. The van der Waals surface area contributed by atoms with Gasteiger partial charge >= 0.3 is 12.1 Å². The van der Waals surface area contributed by atoms with Crippen LogP contribution in [0, 0.1) is 5.92 Å². The summed E-state index contributed by atoms with van der Waals surface area (Å²) in [5.74, 6) is -1.21. The fourth-order valence-electron chi connectivity index (χ4n) is 4.42. The molecule has 0 saturated carbocycles. The van der Waals surface area contributed by atoms with Gasteiger partial charge in [-0.2, -0.15) is 0 Å². The number of carboxylic acids is 1. The van der Waals surface area contributed by atoms with E-state index in [-0.39, 0.29) is 30.8 Å². The Balaban J connectivity index is 1.56. The Kier molecular flexibility index (Phi) is 9.08. The van der Waals surface area contributed by atoms with Crippen LogP contribution in [0.5, 0.6) is 0 Å². The van der Waals surface area contributed by atoms with Crippen LogP contribution in [0.15, 0.2) is 48.5 Å². The Bertz CT molecular complexity index is 961. The van der Waals surface area contributed by atoms with Crippen molar-refractivity contribution in [3.63, 3.8) is 0 Å². The van der Waals surface area contributed by atoms with Gasteiger partial charge in [-0.3, -0.25) is 9.59 Å². The third-order valence-electron chi connectivity index (χ3n) is 6.26. The topological polar surface area (TPSA) is 105 Å². The standard InChI is InChI=1S/C27H34N2O5/c1-3-4-13-24(26(32)28-15-14-18(2)16-25(30)31)29-27(33)34-17-23-21-11-7-5-9-19(21)20-10-6-8-12-22(20)23/h5-12,18,23-24H,3-4,13-17H2,1-2H3,(H,28,32)(H,29,33)(H,30,31)/t18?,24-/m0/s1. The fraction of sp³-hybridized carbons (Fsp3) is 0.444. The quantitative estimate of drug-likeness (QED) is 0.421. The van der Waals surface area contributed by atoms with E-state index in [1.807, 2.05) is 38.1 Å². The van der Waals surface area contributed by atoms with E-state index in [1.54, 1.807) is 0 Å². The molecule has 0 spiro atoms. The monoisotopic (exact) mass is 466 g/mol. The third kappa shape index (κ3) is 6.59. The predicted octanol–water partition coefficient (Wildman–Crippen LogP) is 4.70. The van der Waals surface area contributed by atoms with Crippen LogP contribution in [-0.2, 0) is 14.3 Å². The number of rotatable bonds is 12. The number of benzene rings is 2. The molecule has 182 valence electrons. The zero-order valence-electron chi connectivity index (χ0n) is 19.9. The summed E-state index contributed by atoms with van der Waals surface area (Å²) in [6.07, 6.45) is 2.20. The van der Waals surface area contributed by atoms with Crippen LogP contribution >= 0.6 is 0 Å². The maximum atomic E-state index is 12.7. The molecule has 7 heteroatoms. The van der Waals surface area contributed by atoms with E-state index in [0.29, 0.717) is 19.4 Å². The largest absolute Gasteiger partial charge is 0.481 e. The molecule has 2 aromatic carbocycles. The van der Waals surface area contributed by atoms with Crippen molar-refractivity contribution in [3.05, 3.63) is 59.7 Å². The van der Waals surface area contributed by atoms with Crippen LogP contribution in [0.4, 0.5) is 4.79 Å². The van der Waals surface area contributed by atoms with Crippen molar-refractivity contribution < 1.29 is 24.2 Å². The number of fused-ring (bicyclic) bond motifs is 3. The molecule has 34 heavy (non-hydrogen) atoms. The van der Waals surface area contributed by atoms with Gasteiger partial charge in [0.2, 0.25) is 5.91 Å². The maximum Gasteiger partial charge on any atom is 0.407 e. The Morgan fingerprint density at radius 2 is 1.62 bits per heavy atom. The first-order valence-electron chi connectivity index (χ1n) is 12.0. The summed E-state index contributed by atoms with van der Waals surface area (Å²) in [5, 5.41) is 14.4. The van der Waals surface area contributed by atoms with Gasteiger partial charge in [-0.1, -0.05) is 75.2 Å². The molecule has 0 radical (unpaired) electrons. The Morgan fingerprint density at radius 1 is 1.00 bits per heavy atom. The van der Waals surface area contributed by atoms with E-state index in [2.05, 4.69) is 34.9 Å². The van der Waals surface area contributed by atoms with E-state index >= 15 is 0 Å². The molecule has 0 heterocycles. The van der Waals surface area contributed by atoms with Crippen LogP contribution in [-0.4, -0.2) is 42.3 Å². The van der Waals surface area contributed by atoms with Gasteiger partial charge in [0.05, 0.1) is 0 Å². The van der Waals surface area contributed by atoms with Gasteiger partial charge < -0.3 is 20.5 Å². The fourth-order valence-corrected chi connectivity index (χ4v) is 4.42. The van der Waals surface area contributed by atoms with E-state index in [9.17, 15) is 14.4 Å². The van der Waals surface area contributed by atoms with Crippen molar-refractivity contribution in [2.75, 3.05) is 13.2 Å². The van der Waals surface area contributed by atoms with Gasteiger partial charge in [-0.15, -0.1) is 0 Å². The Labute approximate surface area is 200 Å². The molecule has 0 fully saturated rings. The normalized spacial score (nSPS) is 13.9. The Morgan fingerprint density at radius 3 is 2.21 bits per heavy atom. The number of carbonyl (C=O) groups excluding carboxylic acids is 2. The molecule has 2 atom stereocenters. The second kappa shape index (κ2) is 12.2. The molecule has 3 rings (SSSR count). The number of carboxylic acid groups (broad SMARTS) is 1. The zero-order valence-corrected chi connectivity index (χ0v) is 19.9. The number of unbranched alkanes of at least 4 members (excludes halogenated alkanes) is 1. The van der Waals surface area contributed by atoms with Gasteiger partial charge in [-0.05, 0) is 41.0 Å². The highest BCUT2D eigenvalue weighted by molar-refractivity contribution is 5.85. The van der Waals surface area contributed by atoms with Crippen molar-refractivity contribution in [3.8, 4) is 11.1 Å². The number of amides is 2. The Hall–Kier alpha value is -3.35. The number of hydrogen-bond donors (Lipinski definition) is 3. The summed E-state index contributed by atoms with van der Waals surface area (Å²) in [5.41, 5.74) is 4.58. The molecule has 0 aromatic heterocycles. The number of carbonyl (C=O) groups is 3. The minimum absolute atomic E-state index is 0.0398. The van der Waals surface area contributed by atoms with Crippen molar-refractivity contribution in [2.24, 2.45) is 5.92 Å². The molecule has 2 aromatic rings. The molecule has 1 aliphatic rings. The average Bonchev–Trinajstić information content (AvgIpc) is 3.13. The summed E-state index contributed by atoms with van der Waals surface area (Å²) in [7, 11) is 0. The number of aliphatic carboxylic acids is 1. The van der Waals surface area contributed by atoms with Gasteiger partial charge in [0.1, 0.15) is 12.6 Å². The van der Waals surface area contributed by atoms with Crippen LogP contribution in [0.1, 0.15) is 63.0 Å². The number of ether oxygens (including phenoxy) is 1. The van der Waals surface area contributed by atoms with Crippen LogP contribution < -0.4 is 10.6 Å². The summed E-state index contributed by atoms with van der Waals surface area (Å²) in [4.78, 5) is 36.1. The van der Waals surface area contributed by atoms with E-state index in [0.717, 1.165) is 35.1 Å². The SMILES string of the molecule is CCCC[C@H](NC(=O)OCC1c2ccccc2-c2ccccc21)C(=O)NCCC(C)CC(=O)O. The van der Waals surface area contributed by atoms with Crippen LogP contribution in [0.2, 0.25) is 0 Å². The minimum Gasteiger partial charge on any atom is -0.481 e. The highest BCUT2D eigenvalue weighted by Gasteiger charge is 2.29. The molecule has 1 unspecified atom stereocenters. The molecular weight excluding hydrogens is 432 g/mol. The predicted molar refractivity (Wildman–Crippen MR) is 131 cm³/mol. The number of hydrogen-bond acceptors (Lipinski definition) is 4. The molecule has 0 bridgehead atoms. The van der Waals surface area contributed by atoms with Crippen molar-refractivity contribution in [1.82, 2.24) is 10.6 Å². The summed E-state index contributed by atoms with van der Waals surface area (Å²) < 4.78 is 5.59. The van der Waals surface area contributed by atoms with Crippen molar-refractivity contribution >= 4 is 18.0 Å². The second-order valence-electron chi connectivity index (χ2n) is 8.95. The van der Waals surface area contributed by atoms with E-state index in [1.165, 1.54) is 0 Å². The molecule has 2 amide bonds. The van der Waals surface area contributed by atoms with Crippen molar-refractivity contribution in [2.45, 2.75) is 57.9 Å². The molecular formula is C27H34N2O5. The molecule has 1 aliphatic carbocycles. The highest BCUT2D eigenvalue weighted by Crippen LogP contribution is 2.44. The van der Waals surface area contributed by atoms with E-state index in [4.69, 9.17) is 9.84 Å². The van der Waals surface area contributed by atoms with Gasteiger partial charge in [0, 0.05) is 18.9 Å². The first-order valence-corrected chi connectivity index (χ1v) is 12.0. The highest BCUT2D eigenvalue weighted by atomic mass is 16.5. The van der Waals surface area contributed by atoms with Crippen LogP contribution in [0.25, 0.3) is 11.1 Å². The zero-order chi connectivity index (χ0) is 24.5. The van der Waals surface area contributed by atoms with Gasteiger partial charge in [-0.25, -0.2) is 4.79 Å². The number of alkyl carbamates (subject to hydrolysis) is 1. The molecule has 0 aliphatic heterocycles. The lowest BCUT2D eigenvalue weighted by Gasteiger charge is -2.20. The van der Waals surface area contributed by atoms with Gasteiger partial charge in [0.15, 0.2) is 0 Å². The van der Waals surface area contributed by atoms with Crippen molar-refractivity contribution in [1.29, 1.82) is 0 Å².